The molecule has 0 saturated carbocycles. The predicted octanol–water partition coefficient (Wildman–Crippen LogP) is 3.46. The van der Waals surface area contributed by atoms with E-state index in [1.54, 1.807) is 24.1 Å². The first-order valence-corrected chi connectivity index (χ1v) is 12.7. The third kappa shape index (κ3) is 5.06. The first kappa shape index (κ1) is 21.7. The highest BCUT2D eigenvalue weighted by Gasteiger charge is 2.26. The molecule has 1 fully saturated rings. The molecule has 3 aromatic rings. The lowest BCUT2D eigenvalue weighted by atomic mass is 10.1. The van der Waals surface area contributed by atoms with Crippen molar-refractivity contribution in [1.29, 1.82) is 0 Å². The summed E-state index contributed by atoms with van der Waals surface area (Å²) in [6, 6.07) is 12.1. The van der Waals surface area contributed by atoms with Gasteiger partial charge in [0.1, 0.15) is 5.75 Å². The van der Waals surface area contributed by atoms with Gasteiger partial charge < -0.3 is 9.47 Å². The third-order valence-corrected chi connectivity index (χ3v) is 7.40. The Morgan fingerprint density at radius 3 is 2.68 bits per heavy atom. The molecule has 4 rings (SSSR count). The summed E-state index contributed by atoms with van der Waals surface area (Å²) in [5.74, 6) is 0.638. The van der Waals surface area contributed by atoms with Gasteiger partial charge in [-0.25, -0.2) is 13.4 Å². The smallest absolute Gasteiger partial charge is 0.233 e. The summed E-state index contributed by atoms with van der Waals surface area (Å²) < 4.78 is 35.4. The van der Waals surface area contributed by atoms with Crippen molar-refractivity contribution in [3.8, 4) is 5.75 Å². The maximum atomic E-state index is 13.3. The number of amides is 1. The van der Waals surface area contributed by atoms with Crippen LogP contribution in [0.3, 0.4) is 0 Å². The number of sulfone groups is 1. The van der Waals surface area contributed by atoms with Gasteiger partial charge in [0.2, 0.25) is 5.91 Å². The molecule has 2 aromatic carbocycles. The second kappa shape index (κ2) is 8.94. The van der Waals surface area contributed by atoms with Gasteiger partial charge in [-0.05, 0) is 48.7 Å². The number of benzene rings is 2. The molecule has 2 heterocycles. The molecule has 31 heavy (non-hydrogen) atoms. The SMILES string of the molecule is COc1ccc2nc(N(CC3CCCO3)C(=O)Cc3ccc(S(C)(=O)=O)cc3)sc2c1. The van der Waals surface area contributed by atoms with Crippen LogP contribution in [0.15, 0.2) is 47.4 Å². The van der Waals surface area contributed by atoms with Crippen molar-refractivity contribution in [3.05, 3.63) is 48.0 Å². The number of anilines is 1. The molecule has 1 aliphatic heterocycles. The molecule has 1 saturated heterocycles. The van der Waals surface area contributed by atoms with Crippen molar-refractivity contribution in [3.63, 3.8) is 0 Å². The van der Waals surface area contributed by atoms with Crippen LogP contribution in [0.4, 0.5) is 5.13 Å². The number of carbonyl (C=O) groups excluding carboxylic acids is 1. The lowest BCUT2D eigenvalue weighted by molar-refractivity contribution is -0.118. The minimum Gasteiger partial charge on any atom is -0.497 e. The zero-order chi connectivity index (χ0) is 22.0. The highest BCUT2D eigenvalue weighted by molar-refractivity contribution is 7.90. The minimum atomic E-state index is -3.27. The standard InChI is InChI=1S/C22H24N2O5S2/c1-28-16-7-10-19-20(13-16)30-22(23-19)24(14-17-4-3-11-29-17)21(25)12-15-5-8-18(9-6-15)31(2,26)27/h5-10,13,17H,3-4,11-12,14H2,1-2H3. The van der Waals surface area contributed by atoms with Crippen LogP contribution in [-0.2, 0) is 25.8 Å². The van der Waals surface area contributed by atoms with Crippen LogP contribution in [0.25, 0.3) is 10.2 Å². The summed E-state index contributed by atoms with van der Waals surface area (Å²) in [5, 5.41) is 0.622. The van der Waals surface area contributed by atoms with Crippen molar-refractivity contribution in [1.82, 2.24) is 4.98 Å². The average molecular weight is 461 g/mol. The lowest BCUT2D eigenvalue weighted by Gasteiger charge is -2.23. The van der Waals surface area contributed by atoms with E-state index in [1.807, 2.05) is 18.2 Å². The molecule has 1 amide bonds. The fraction of sp³-hybridized carbons (Fsp3) is 0.364. The molecule has 0 bridgehead atoms. The maximum Gasteiger partial charge on any atom is 0.233 e. The first-order valence-electron chi connectivity index (χ1n) is 9.99. The maximum absolute atomic E-state index is 13.3. The van der Waals surface area contributed by atoms with Gasteiger partial charge in [0.15, 0.2) is 15.0 Å². The van der Waals surface area contributed by atoms with E-state index < -0.39 is 9.84 Å². The number of nitrogens with zero attached hydrogens (tertiary/aromatic N) is 2. The van der Waals surface area contributed by atoms with Crippen molar-refractivity contribution in [2.75, 3.05) is 31.4 Å². The Morgan fingerprint density at radius 2 is 2.03 bits per heavy atom. The average Bonchev–Trinajstić information content (AvgIpc) is 3.40. The van der Waals surface area contributed by atoms with Crippen molar-refractivity contribution in [2.45, 2.75) is 30.3 Å². The first-order chi connectivity index (χ1) is 14.8. The molecular formula is C22H24N2O5S2. The van der Waals surface area contributed by atoms with E-state index in [2.05, 4.69) is 4.98 Å². The van der Waals surface area contributed by atoms with Crippen LogP contribution in [0, 0.1) is 0 Å². The molecule has 0 radical (unpaired) electrons. The molecule has 0 spiro atoms. The van der Waals surface area contributed by atoms with Gasteiger partial charge in [0.25, 0.3) is 0 Å². The van der Waals surface area contributed by atoms with Gasteiger partial charge >= 0.3 is 0 Å². The van der Waals surface area contributed by atoms with E-state index in [1.165, 1.54) is 29.7 Å². The Labute approximate surface area is 185 Å². The largest absolute Gasteiger partial charge is 0.497 e. The van der Waals surface area contributed by atoms with Crippen LogP contribution >= 0.6 is 11.3 Å². The number of hydrogen-bond donors (Lipinski definition) is 0. The molecule has 1 aliphatic rings. The number of methoxy groups -OCH3 is 1. The normalized spacial score (nSPS) is 16.5. The van der Waals surface area contributed by atoms with E-state index in [4.69, 9.17) is 9.47 Å². The molecule has 164 valence electrons. The van der Waals surface area contributed by atoms with Gasteiger partial charge in [-0.1, -0.05) is 23.5 Å². The third-order valence-electron chi connectivity index (χ3n) is 5.23. The molecule has 9 heteroatoms. The van der Waals surface area contributed by atoms with E-state index in [-0.39, 0.29) is 23.3 Å². The summed E-state index contributed by atoms with van der Waals surface area (Å²) >= 11 is 1.44. The molecule has 1 atom stereocenters. The van der Waals surface area contributed by atoms with Crippen LogP contribution in [-0.4, -0.2) is 51.9 Å². The van der Waals surface area contributed by atoms with E-state index in [9.17, 15) is 13.2 Å². The molecule has 0 aliphatic carbocycles. The van der Waals surface area contributed by atoms with Crippen molar-refractivity contribution < 1.29 is 22.7 Å². The number of fused-ring (bicyclic) bond motifs is 1. The molecular weight excluding hydrogens is 436 g/mol. The molecule has 1 unspecified atom stereocenters. The summed E-state index contributed by atoms with van der Waals surface area (Å²) in [4.78, 5) is 19.9. The second-order valence-electron chi connectivity index (χ2n) is 7.56. The van der Waals surface area contributed by atoms with Crippen LogP contribution in [0.2, 0.25) is 0 Å². The zero-order valence-electron chi connectivity index (χ0n) is 17.4. The number of thiazole rings is 1. The van der Waals surface area contributed by atoms with Crippen molar-refractivity contribution in [2.24, 2.45) is 0 Å². The lowest BCUT2D eigenvalue weighted by Crippen LogP contribution is -2.38. The zero-order valence-corrected chi connectivity index (χ0v) is 19.0. The van der Waals surface area contributed by atoms with Gasteiger partial charge in [0.05, 0.1) is 41.3 Å². The Bertz CT molecular complexity index is 1180. The Kier molecular flexibility index (Phi) is 6.27. The Morgan fingerprint density at radius 1 is 1.26 bits per heavy atom. The summed E-state index contributed by atoms with van der Waals surface area (Å²) in [6.45, 7) is 1.15. The Balaban J connectivity index is 1.60. The summed E-state index contributed by atoms with van der Waals surface area (Å²) in [7, 11) is -1.66. The number of aromatic nitrogens is 1. The number of hydrogen-bond acceptors (Lipinski definition) is 7. The van der Waals surface area contributed by atoms with Gasteiger partial charge in [-0.15, -0.1) is 0 Å². The summed E-state index contributed by atoms with van der Waals surface area (Å²) in [6.07, 6.45) is 3.19. The van der Waals surface area contributed by atoms with Crippen LogP contribution in [0.5, 0.6) is 5.75 Å². The highest BCUT2D eigenvalue weighted by atomic mass is 32.2. The molecule has 0 N–H and O–H groups in total. The fourth-order valence-electron chi connectivity index (χ4n) is 3.54. The highest BCUT2D eigenvalue weighted by Crippen LogP contribution is 2.32. The molecule has 7 nitrogen and oxygen atoms in total. The minimum absolute atomic E-state index is 0.0156. The second-order valence-corrected chi connectivity index (χ2v) is 10.6. The molecule has 1 aromatic heterocycles. The predicted molar refractivity (Wildman–Crippen MR) is 121 cm³/mol. The van der Waals surface area contributed by atoms with Gasteiger partial charge in [0, 0.05) is 12.9 Å². The van der Waals surface area contributed by atoms with E-state index >= 15 is 0 Å². The van der Waals surface area contributed by atoms with Crippen LogP contribution in [0.1, 0.15) is 18.4 Å². The number of rotatable bonds is 7. The fourth-order valence-corrected chi connectivity index (χ4v) is 5.19. The summed E-state index contributed by atoms with van der Waals surface area (Å²) in [5.41, 5.74) is 1.56. The van der Waals surface area contributed by atoms with Crippen LogP contribution < -0.4 is 9.64 Å². The van der Waals surface area contributed by atoms with Crippen molar-refractivity contribution >= 4 is 42.4 Å². The topological polar surface area (TPSA) is 85.8 Å². The quantitative estimate of drug-likeness (QED) is 0.537. The van der Waals surface area contributed by atoms with Gasteiger partial charge in [-0.3, -0.25) is 9.69 Å². The Hall–Kier alpha value is -2.49. The van der Waals surface area contributed by atoms with E-state index in [0.717, 1.165) is 34.4 Å². The van der Waals surface area contributed by atoms with E-state index in [0.29, 0.717) is 18.3 Å². The number of ether oxygens (including phenoxy) is 2. The monoisotopic (exact) mass is 460 g/mol. The number of carbonyl (C=O) groups is 1. The van der Waals surface area contributed by atoms with Gasteiger partial charge in [-0.2, -0.15) is 0 Å².